The van der Waals surface area contributed by atoms with E-state index in [1.54, 1.807) is 31.2 Å². The number of rotatable bonds is 3. The van der Waals surface area contributed by atoms with Crippen LogP contribution in [0.2, 0.25) is 0 Å². The van der Waals surface area contributed by atoms with Crippen molar-refractivity contribution in [3.63, 3.8) is 0 Å². The summed E-state index contributed by atoms with van der Waals surface area (Å²) in [6, 6.07) is 10.8. The third-order valence-electron chi connectivity index (χ3n) is 4.61. The molecule has 3 rings (SSSR count). The van der Waals surface area contributed by atoms with Crippen LogP contribution < -0.4 is 0 Å². The van der Waals surface area contributed by atoms with Crippen LogP contribution in [0.25, 0.3) is 0 Å². The minimum absolute atomic E-state index is 0.0189. The van der Waals surface area contributed by atoms with Gasteiger partial charge in [-0.15, -0.1) is 0 Å². The van der Waals surface area contributed by atoms with Crippen LogP contribution in [-0.2, 0) is 16.6 Å². The zero-order valence-corrected chi connectivity index (χ0v) is 16.0. The van der Waals surface area contributed by atoms with E-state index in [-0.39, 0.29) is 22.6 Å². The van der Waals surface area contributed by atoms with Gasteiger partial charge < -0.3 is 0 Å². The van der Waals surface area contributed by atoms with Gasteiger partial charge in [-0.25, -0.2) is 17.2 Å². The first kappa shape index (κ1) is 18.5. The van der Waals surface area contributed by atoms with Gasteiger partial charge in [-0.05, 0) is 53.4 Å². The van der Waals surface area contributed by atoms with E-state index in [4.69, 9.17) is 0 Å². The first-order valence-corrected chi connectivity index (χ1v) is 10.3. The Bertz CT molecular complexity index is 874. The Labute approximate surface area is 154 Å². The maximum Gasteiger partial charge on any atom is 0.221 e. The average Bonchev–Trinajstić information content (AvgIpc) is 2.56. The summed E-state index contributed by atoms with van der Waals surface area (Å²) in [5.41, 5.74) is 0.756. The second-order valence-corrected chi connectivity index (χ2v) is 9.20. The minimum Gasteiger partial charge on any atom is -0.212 e. The van der Waals surface area contributed by atoms with Crippen molar-refractivity contribution < 1.29 is 17.2 Å². The Morgan fingerprint density at radius 1 is 1.12 bits per heavy atom. The van der Waals surface area contributed by atoms with E-state index < -0.39 is 26.9 Å². The molecule has 0 N–H and O–H groups in total. The van der Waals surface area contributed by atoms with E-state index in [9.17, 15) is 17.2 Å². The second kappa shape index (κ2) is 7.13. The summed E-state index contributed by atoms with van der Waals surface area (Å²) in [6.45, 7) is 1.62. The zero-order valence-electron chi connectivity index (χ0n) is 13.6. The third kappa shape index (κ3) is 3.64. The molecule has 0 unspecified atom stereocenters. The minimum atomic E-state index is -3.67. The van der Waals surface area contributed by atoms with E-state index in [0.717, 1.165) is 17.7 Å². The number of halogens is 3. The van der Waals surface area contributed by atoms with Crippen LogP contribution in [0.3, 0.4) is 0 Å². The highest BCUT2D eigenvalue weighted by atomic mass is 79.9. The van der Waals surface area contributed by atoms with Crippen molar-refractivity contribution in [1.29, 1.82) is 0 Å². The van der Waals surface area contributed by atoms with Crippen molar-refractivity contribution in [1.82, 2.24) is 4.31 Å². The molecular weight excluding hydrogens is 412 g/mol. The van der Waals surface area contributed by atoms with Gasteiger partial charge in [0.1, 0.15) is 16.9 Å². The van der Waals surface area contributed by atoms with E-state index >= 15 is 0 Å². The molecule has 2 aromatic carbocycles. The Hall–Kier alpha value is -1.31. The molecule has 1 aliphatic heterocycles. The second-order valence-electron chi connectivity index (χ2n) is 6.27. The Morgan fingerprint density at radius 2 is 1.80 bits per heavy atom. The first-order valence-electron chi connectivity index (χ1n) is 7.99. The van der Waals surface area contributed by atoms with Crippen LogP contribution >= 0.6 is 15.9 Å². The number of hydrogen-bond acceptors (Lipinski definition) is 2. The molecule has 1 aliphatic rings. The molecule has 1 fully saturated rings. The standard InChI is InChI=1S/C18H18BrF2NO2S/c1-12-7-8-18(13-5-3-2-4-6-13)25(23,24)22(12)11-14-9-17(21)15(19)10-16(14)20/h2-6,9-10,12,18H,7-8,11H2,1H3/t12-,18+/m0/s1. The highest BCUT2D eigenvalue weighted by Crippen LogP contribution is 2.38. The van der Waals surface area contributed by atoms with Gasteiger partial charge in [0.2, 0.25) is 10.0 Å². The van der Waals surface area contributed by atoms with Gasteiger partial charge in [-0.1, -0.05) is 30.3 Å². The summed E-state index contributed by atoms with van der Waals surface area (Å²) in [5, 5.41) is -0.659. The molecule has 2 atom stereocenters. The fourth-order valence-electron chi connectivity index (χ4n) is 3.20. The smallest absolute Gasteiger partial charge is 0.212 e. The summed E-state index contributed by atoms with van der Waals surface area (Å²) in [7, 11) is -3.67. The molecular formula is C18H18BrF2NO2S. The van der Waals surface area contributed by atoms with E-state index in [2.05, 4.69) is 15.9 Å². The molecule has 0 saturated carbocycles. The van der Waals surface area contributed by atoms with Gasteiger partial charge >= 0.3 is 0 Å². The molecule has 0 amide bonds. The van der Waals surface area contributed by atoms with Gasteiger partial charge in [-0.3, -0.25) is 0 Å². The van der Waals surface area contributed by atoms with Crippen molar-refractivity contribution >= 4 is 26.0 Å². The van der Waals surface area contributed by atoms with Crippen molar-refractivity contribution in [2.24, 2.45) is 0 Å². The lowest BCUT2D eigenvalue weighted by molar-refractivity contribution is 0.278. The van der Waals surface area contributed by atoms with E-state index in [1.165, 1.54) is 4.31 Å². The van der Waals surface area contributed by atoms with Gasteiger partial charge in [0.05, 0.1) is 4.47 Å². The summed E-state index contributed by atoms with van der Waals surface area (Å²) >= 11 is 2.93. The van der Waals surface area contributed by atoms with Gasteiger partial charge in [0, 0.05) is 18.2 Å². The molecule has 25 heavy (non-hydrogen) atoms. The van der Waals surface area contributed by atoms with Crippen molar-refractivity contribution in [2.75, 3.05) is 0 Å². The van der Waals surface area contributed by atoms with Crippen LogP contribution in [0.15, 0.2) is 46.9 Å². The number of benzene rings is 2. The van der Waals surface area contributed by atoms with Crippen LogP contribution in [0.1, 0.15) is 36.1 Å². The maximum atomic E-state index is 14.2. The fourth-order valence-corrected chi connectivity index (χ4v) is 5.71. The summed E-state index contributed by atoms with van der Waals surface area (Å²) in [5.74, 6) is -1.24. The topological polar surface area (TPSA) is 37.4 Å². The first-order chi connectivity index (χ1) is 11.8. The summed E-state index contributed by atoms with van der Waals surface area (Å²) < 4.78 is 55.4. The lowest BCUT2D eigenvalue weighted by Crippen LogP contribution is -2.44. The average molecular weight is 430 g/mol. The Kier molecular flexibility index (Phi) is 5.27. The predicted molar refractivity (Wildman–Crippen MR) is 96.4 cm³/mol. The Morgan fingerprint density at radius 3 is 2.48 bits per heavy atom. The maximum absolute atomic E-state index is 14.2. The van der Waals surface area contributed by atoms with Crippen LogP contribution in [0.5, 0.6) is 0 Å². The molecule has 3 nitrogen and oxygen atoms in total. The van der Waals surface area contributed by atoms with Crippen molar-refractivity contribution in [2.45, 2.75) is 37.6 Å². The molecule has 7 heteroatoms. The van der Waals surface area contributed by atoms with E-state index in [0.29, 0.717) is 12.8 Å². The molecule has 0 bridgehead atoms. The normalized spacial score (nSPS) is 23.5. The molecule has 134 valence electrons. The van der Waals surface area contributed by atoms with Crippen LogP contribution in [0, 0.1) is 11.6 Å². The SMILES string of the molecule is C[C@H]1CC[C@H](c2ccccc2)S(=O)(=O)N1Cc1cc(F)c(Br)cc1F. The molecule has 1 heterocycles. The molecule has 0 spiro atoms. The largest absolute Gasteiger partial charge is 0.221 e. The molecule has 0 aromatic heterocycles. The molecule has 1 saturated heterocycles. The lowest BCUT2D eigenvalue weighted by atomic mass is 10.0. The highest BCUT2D eigenvalue weighted by molar-refractivity contribution is 9.10. The lowest BCUT2D eigenvalue weighted by Gasteiger charge is -2.37. The van der Waals surface area contributed by atoms with Crippen molar-refractivity contribution in [3.8, 4) is 0 Å². The number of nitrogens with zero attached hydrogens (tertiary/aromatic N) is 1. The van der Waals surface area contributed by atoms with Gasteiger partial charge in [0.15, 0.2) is 0 Å². The Balaban J connectivity index is 1.96. The predicted octanol–water partition coefficient (Wildman–Crippen LogP) is 4.78. The van der Waals surface area contributed by atoms with Crippen LogP contribution in [-0.4, -0.2) is 18.8 Å². The highest BCUT2D eigenvalue weighted by Gasteiger charge is 2.40. The fraction of sp³-hybridized carbons (Fsp3) is 0.333. The number of sulfonamides is 1. The summed E-state index contributed by atoms with van der Waals surface area (Å²) in [4.78, 5) is 0. The third-order valence-corrected chi connectivity index (χ3v) is 7.59. The van der Waals surface area contributed by atoms with E-state index in [1.807, 2.05) is 6.07 Å². The van der Waals surface area contributed by atoms with Gasteiger partial charge in [-0.2, -0.15) is 4.31 Å². The molecule has 0 aliphatic carbocycles. The quantitative estimate of drug-likeness (QED) is 0.658. The van der Waals surface area contributed by atoms with Crippen LogP contribution in [0.4, 0.5) is 8.78 Å². The summed E-state index contributed by atoms with van der Waals surface area (Å²) in [6.07, 6.45) is 1.18. The molecule has 2 aromatic rings. The van der Waals surface area contributed by atoms with Crippen molar-refractivity contribution in [3.05, 3.63) is 69.7 Å². The monoisotopic (exact) mass is 429 g/mol. The zero-order chi connectivity index (χ0) is 18.2. The number of hydrogen-bond donors (Lipinski definition) is 0. The van der Waals surface area contributed by atoms with Gasteiger partial charge in [0.25, 0.3) is 0 Å². The molecule has 0 radical (unpaired) electrons.